The lowest BCUT2D eigenvalue weighted by Crippen LogP contribution is -2.24. The Hall–Kier alpha value is -2.41. The molecule has 3 aromatic rings. The van der Waals surface area contributed by atoms with E-state index in [4.69, 9.17) is 0 Å². The molecule has 0 saturated heterocycles. The molecule has 0 spiro atoms. The minimum Gasteiger partial charge on any atom is -0.351 e. The standard InChI is InChI=1S/C15H13FN4OS/c16-12-6-4-11(5-7-12)9-17-14(21)10-22-15-19-18-13-3-1-2-8-20(13)15/h1-8H,9-10H2,(H,17,21). The first-order valence-corrected chi connectivity index (χ1v) is 7.64. The second-order valence-electron chi connectivity index (χ2n) is 4.60. The summed E-state index contributed by atoms with van der Waals surface area (Å²) in [6, 6.07) is 11.7. The third-order valence-electron chi connectivity index (χ3n) is 3.02. The van der Waals surface area contributed by atoms with Gasteiger partial charge in [0.25, 0.3) is 0 Å². The maximum absolute atomic E-state index is 12.8. The van der Waals surface area contributed by atoms with Crippen LogP contribution in [0, 0.1) is 5.82 Å². The van der Waals surface area contributed by atoms with Crippen LogP contribution in [-0.2, 0) is 11.3 Å². The van der Waals surface area contributed by atoms with Gasteiger partial charge in [0.2, 0.25) is 5.91 Å². The van der Waals surface area contributed by atoms with Crippen LogP contribution in [0.4, 0.5) is 4.39 Å². The Bertz CT molecular complexity index is 788. The topological polar surface area (TPSA) is 59.3 Å². The predicted octanol–water partition coefficient (Wildman–Crippen LogP) is 2.28. The van der Waals surface area contributed by atoms with Crippen LogP contribution in [0.25, 0.3) is 5.65 Å². The Morgan fingerprint density at radius 3 is 2.82 bits per heavy atom. The summed E-state index contributed by atoms with van der Waals surface area (Å²) in [4.78, 5) is 11.9. The Kier molecular flexibility index (Phi) is 4.34. The van der Waals surface area contributed by atoms with Crippen molar-refractivity contribution in [2.75, 3.05) is 5.75 Å². The number of hydrogen-bond donors (Lipinski definition) is 1. The minimum absolute atomic E-state index is 0.109. The summed E-state index contributed by atoms with van der Waals surface area (Å²) in [5, 5.41) is 11.5. The Morgan fingerprint density at radius 1 is 1.18 bits per heavy atom. The Labute approximate surface area is 130 Å². The van der Waals surface area contributed by atoms with E-state index in [1.54, 1.807) is 12.1 Å². The smallest absolute Gasteiger partial charge is 0.230 e. The second kappa shape index (κ2) is 6.57. The SMILES string of the molecule is O=C(CSc1nnc2ccccn12)NCc1ccc(F)cc1. The normalized spacial score (nSPS) is 10.8. The van der Waals surface area contributed by atoms with Crippen LogP contribution in [-0.4, -0.2) is 26.3 Å². The molecule has 0 fully saturated rings. The van der Waals surface area contributed by atoms with Crippen LogP contribution in [0.15, 0.2) is 53.8 Å². The number of hydrogen-bond acceptors (Lipinski definition) is 4. The number of carbonyl (C=O) groups is 1. The molecule has 0 bridgehead atoms. The van der Waals surface area contributed by atoms with Crippen molar-refractivity contribution < 1.29 is 9.18 Å². The molecule has 1 N–H and O–H groups in total. The van der Waals surface area contributed by atoms with Crippen molar-refractivity contribution in [3.8, 4) is 0 Å². The van der Waals surface area contributed by atoms with E-state index in [-0.39, 0.29) is 17.5 Å². The van der Waals surface area contributed by atoms with E-state index < -0.39 is 0 Å². The molecule has 1 amide bonds. The Balaban J connectivity index is 1.53. The lowest BCUT2D eigenvalue weighted by molar-refractivity contribution is -0.118. The van der Waals surface area contributed by atoms with Crippen molar-refractivity contribution in [1.29, 1.82) is 0 Å². The van der Waals surface area contributed by atoms with Crippen molar-refractivity contribution in [3.05, 3.63) is 60.0 Å². The van der Waals surface area contributed by atoms with Gasteiger partial charge in [-0.3, -0.25) is 9.20 Å². The van der Waals surface area contributed by atoms with Gasteiger partial charge in [0.15, 0.2) is 10.8 Å². The molecule has 0 atom stereocenters. The van der Waals surface area contributed by atoms with E-state index in [0.717, 1.165) is 11.2 Å². The molecule has 0 aliphatic heterocycles. The van der Waals surface area contributed by atoms with Gasteiger partial charge >= 0.3 is 0 Å². The molecule has 5 nitrogen and oxygen atoms in total. The summed E-state index contributed by atoms with van der Waals surface area (Å²) in [6.45, 7) is 0.375. The summed E-state index contributed by atoms with van der Waals surface area (Å²) in [5.74, 6) is -0.150. The molecular weight excluding hydrogens is 303 g/mol. The average Bonchev–Trinajstić information content (AvgIpc) is 2.96. The highest BCUT2D eigenvalue weighted by Gasteiger charge is 2.08. The molecule has 2 heterocycles. The first kappa shape index (κ1) is 14.5. The number of amides is 1. The van der Waals surface area contributed by atoms with Crippen LogP contribution in [0.2, 0.25) is 0 Å². The zero-order valence-corrected chi connectivity index (χ0v) is 12.4. The molecule has 112 valence electrons. The molecule has 0 saturated carbocycles. The van der Waals surface area contributed by atoms with Gasteiger partial charge in [-0.1, -0.05) is 30.0 Å². The van der Waals surface area contributed by atoms with Gasteiger partial charge in [-0.25, -0.2) is 4.39 Å². The van der Waals surface area contributed by atoms with E-state index in [1.807, 2.05) is 28.8 Å². The van der Waals surface area contributed by atoms with Crippen molar-refractivity contribution >= 4 is 23.3 Å². The fraction of sp³-hybridized carbons (Fsp3) is 0.133. The summed E-state index contributed by atoms with van der Waals surface area (Å²) in [5.41, 5.74) is 1.60. The van der Waals surface area contributed by atoms with Crippen LogP contribution in [0.1, 0.15) is 5.56 Å². The number of pyridine rings is 1. The number of benzene rings is 1. The van der Waals surface area contributed by atoms with Gasteiger partial charge in [-0.2, -0.15) is 0 Å². The van der Waals surface area contributed by atoms with E-state index in [1.165, 1.54) is 23.9 Å². The largest absolute Gasteiger partial charge is 0.351 e. The molecule has 2 aromatic heterocycles. The van der Waals surface area contributed by atoms with E-state index >= 15 is 0 Å². The molecule has 1 aromatic carbocycles. The van der Waals surface area contributed by atoms with Crippen molar-refractivity contribution in [2.24, 2.45) is 0 Å². The number of thioether (sulfide) groups is 1. The fourth-order valence-electron chi connectivity index (χ4n) is 1.90. The van der Waals surface area contributed by atoms with Gasteiger partial charge in [-0.15, -0.1) is 10.2 Å². The third kappa shape index (κ3) is 3.43. The number of carbonyl (C=O) groups excluding carboxylic acids is 1. The fourth-order valence-corrected chi connectivity index (χ4v) is 2.66. The van der Waals surface area contributed by atoms with Gasteiger partial charge in [0.1, 0.15) is 5.82 Å². The number of fused-ring (bicyclic) bond motifs is 1. The summed E-state index contributed by atoms with van der Waals surface area (Å²) < 4.78 is 14.6. The van der Waals surface area contributed by atoms with Crippen LogP contribution < -0.4 is 5.32 Å². The van der Waals surface area contributed by atoms with Crippen LogP contribution in [0.5, 0.6) is 0 Å². The lowest BCUT2D eigenvalue weighted by Gasteiger charge is -2.04. The third-order valence-corrected chi connectivity index (χ3v) is 3.96. The monoisotopic (exact) mass is 316 g/mol. The maximum Gasteiger partial charge on any atom is 0.230 e. The number of rotatable bonds is 5. The number of nitrogens with zero attached hydrogens (tertiary/aromatic N) is 3. The maximum atomic E-state index is 12.8. The molecule has 0 radical (unpaired) electrons. The van der Waals surface area contributed by atoms with Gasteiger partial charge in [-0.05, 0) is 29.8 Å². The first-order valence-electron chi connectivity index (χ1n) is 6.66. The number of halogens is 1. The highest BCUT2D eigenvalue weighted by molar-refractivity contribution is 7.99. The van der Waals surface area contributed by atoms with Crippen LogP contribution >= 0.6 is 11.8 Å². The average molecular weight is 316 g/mol. The summed E-state index contributed by atoms with van der Waals surface area (Å²) in [6.07, 6.45) is 1.86. The van der Waals surface area contributed by atoms with Gasteiger partial charge < -0.3 is 5.32 Å². The van der Waals surface area contributed by atoms with Crippen molar-refractivity contribution in [2.45, 2.75) is 11.7 Å². The molecule has 0 unspecified atom stereocenters. The zero-order chi connectivity index (χ0) is 15.4. The molecule has 22 heavy (non-hydrogen) atoms. The predicted molar refractivity (Wildman–Crippen MR) is 82.0 cm³/mol. The molecule has 3 rings (SSSR count). The number of nitrogens with one attached hydrogen (secondary N) is 1. The molecule has 7 heteroatoms. The highest BCUT2D eigenvalue weighted by Crippen LogP contribution is 2.16. The molecule has 0 aliphatic rings. The number of aromatic nitrogens is 3. The van der Waals surface area contributed by atoms with E-state index in [9.17, 15) is 9.18 Å². The van der Waals surface area contributed by atoms with Crippen molar-refractivity contribution in [3.63, 3.8) is 0 Å². The van der Waals surface area contributed by atoms with Gasteiger partial charge in [0.05, 0.1) is 5.75 Å². The quantitative estimate of drug-likeness (QED) is 0.734. The minimum atomic E-state index is -0.288. The van der Waals surface area contributed by atoms with Crippen LogP contribution in [0.3, 0.4) is 0 Å². The van der Waals surface area contributed by atoms with E-state index in [0.29, 0.717) is 11.7 Å². The second-order valence-corrected chi connectivity index (χ2v) is 5.55. The van der Waals surface area contributed by atoms with E-state index in [2.05, 4.69) is 15.5 Å². The molecular formula is C15H13FN4OS. The molecule has 0 aliphatic carbocycles. The summed E-state index contributed by atoms with van der Waals surface area (Å²) >= 11 is 1.32. The summed E-state index contributed by atoms with van der Waals surface area (Å²) in [7, 11) is 0. The zero-order valence-electron chi connectivity index (χ0n) is 11.6. The Morgan fingerprint density at radius 2 is 2.00 bits per heavy atom. The highest BCUT2D eigenvalue weighted by atomic mass is 32.2. The first-order chi connectivity index (χ1) is 10.7. The van der Waals surface area contributed by atoms with Gasteiger partial charge in [0, 0.05) is 12.7 Å². The van der Waals surface area contributed by atoms with Crippen molar-refractivity contribution in [1.82, 2.24) is 19.9 Å². The lowest BCUT2D eigenvalue weighted by atomic mass is 10.2.